The molecular weight excluding hydrogens is 519 g/mol. The molecule has 10 nitrogen and oxygen atoms in total. The van der Waals surface area contributed by atoms with Crippen LogP contribution in [0.1, 0.15) is 38.7 Å². The molecule has 4 rings (SSSR count). The number of hydrogen-bond acceptors (Lipinski definition) is 6. The molecule has 0 radical (unpaired) electrons. The summed E-state index contributed by atoms with van der Waals surface area (Å²) in [7, 11) is 1.32. The van der Waals surface area contributed by atoms with Gasteiger partial charge in [0.1, 0.15) is 24.4 Å². The van der Waals surface area contributed by atoms with E-state index in [1.54, 1.807) is 23.5 Å². The highest BCUT2D eigenvalue weighted by Crippen LogP contribution is 2.47. The molecule has 39 heavy (non-hydrogen) atoms. The van der Waals surface area contributed by atoms with Gasteiger partial charge in [-0.25, -0.2) is 0 Å². The maximum Gasteiger partial charge on any atom is 0.471 e. The van der Waals surface area contributed by atoms with E-state index in [-0.39, 0.29) is 44.2 Å². The van der Waals surface area contributed by atoms with Gasteiger partial charge < -0.3 is 30.9 Å². The van der Waals surface area contributed by atoms with Crippen LogP contribution in [0.25, 0.3) is 0 Å². The number of halogens is 3. The molecule has 3 heterocycles. The minimum absolute atomic E-state index is 0.0250. The van der Waals surface area contributed by atoms with Gasteiger partial charge in [-0.15, -0.1) is 0 Å². The number of ether oxygens (including phenoxy) is 1. The number of nitrogens with two attached hydrogens (primary N) is 1. The summed E-state index contributed by atoms with van der Waals surface area (Å²) in [6.45, 7) is 3.66. The molecular formula is C26H32F3N5O5. The van der Waals surface area contributed by atoms with Crippen LogP contribution in [0, 0.1) is 5.92 Å². The number of fused-ring (bicyclic) bond motifs is 2. The second-order valence-corrected chi connectivity index (χ2v) is 10.6. The normalized spacial score (nSPS) is 28.4. The highest BCUT2D eigenvalue weighted by Gasteiger charge is 2.56. The van der Waals surface area contributed by atoms with Crippen molar-refractivity contribution in [2.45, 2.75) is 63.0 Å². The maximum absolute atomic E-state index is 13.9. The van der Waals surface area contributed by atoms with Gasteiger partial charge in [-0.3, -0.25) is 19.2 Å². The second kappa shape index (κ2) is 10.5. The van der Waals surface area contributed by atoms with Crippen molar-refractivity contribution in [2.24, 2.45) is 11.7 Å². The number of carbonyl (C=O) groups excluding carboxylic acids is 4. The first-order valence-electron chi connectivity index (χ1n) is 12.7. The zero-order chi connectivity index (χ0) is 28.7. The Bertz CT molecular complexity index is 1200. The Balaban J connectivity index is 1.75. The molecule has 0 aliphatic carbocycles. The van der Waals surface area contributed by atoms with E-state index in [0.717, 1.165) is 4.90 Å². The topological polar surface area (TPSA) is 134 Å². The monoisotopic (exact) mass is 551 g/mol. The van der Waals surface area contributed by atoms with E-state index in [9.17, 15) is 32.3 Å². The largest absolute Gasteiger partial charge is 0.490 e. The van der Waals surface area contributed by atoms with Gasteiger partial charge in [0.15, 0.2) is 0 Å². The molecule has 4 N–H and O–H groups in total. The molecule has 4 amide bonds. The molecule has 0 unspecified atom stereocenters. The number of alkyl halides is 3. The summed E-state index contributed by atoms with van der Waals surface area (Å²) in [4.78, 5) is 54.7. The van der Waals surface area contributed by atoms with Crippen LogP contribution in [-0.2, 0) is 24.6 Å². The van der Waals surface area contributed by atoms with Gasteiger partial charge in [-0.2, -0.15) is 13.2 Å². The highest BCUT2D eigenvalue weighted by molar-refractivity contribution is 6.07. The second-order valence-electron chi connectivity index (χ2n) is 10.6. The van der Waals surface area contributed by atoms with E-state index in [0.29, 0.717) is 17.0 Å². The van der Waals surface area contributed by atoms with Crippen LogP contribution in [-0.4, -0.2) is 78.1 Å². The van der Waals surface area contributed by atoms with E-state index < -0.39 is 47.6 Å². The van der Waals surface area contributed by atoms with Crippen molar-refractivity contribution in [1.29, 1.82) is 0 Å². The molecule has 1 aromatic carbocycles. The summed E-state index contributed by atoms with van der Waals surface area (Å²) in [5.74, 6) is -3.59. The first kappa shape index (κ1) is 28.4. The zero-order valence-corrected chi connectivity index (χ0v) is 21.9. The van der Waals surface area contributed by atoms with Crippen molar-refractivity contribution >= 4 is 29.3 Å². The number of hydrogen-bond donors (Lipinski definition) is 3. The third kappa shape index (κ3) is 5.45. The third-order valence-corrected chi connectivity index (χ3v) is 7.41. The molecule has 0 aromatic heterocycles. The fourth-order valence-electron chi connectivity index (χ4n) is 5.39. The first-order valence-corrected chi connectivity index (χ1v) is 12.7. The SMILES string of the molecule is CC(C)C[C@H]1C(=O)N2C[C@]3(C[C@H]2N)C(=O)Nc2ccc(cc23)OC/C=C\C[C@H](NC(=O)C(F)(F)F)C(=O)N1C. The van der Waals surface area contributed by atoms with Crippen molar-refractivity contribution < 1.29 is 37.1 Å². The van der Waals surface area contributed by atoms with Gasteiger partial charge in [0.05, 0.1) is 11.6 Å². The molecule has 212 valence electrons. The molecule has 1 aromatic rings. The Hall–Kier alpha value is -3.61. The van der Waals surface area contributed by atoms with E-state index in [2.05, 4.69) is 5.32 Å². The zero-order valence-electron chi connectivity index (χ0n) is 21.9. The van der Waals surface area contributed by atoms with Crippen molar-refractivity contribution in [3.05, 3.63) is 35.9 Å². The van der Waals surface area contributed by atoms with Gasteiger partial charge in [0.25, 0.3) is 0 Å². The molecule has 1 fully saturated rings. The Kier molecular flexibility index (Phi) is 7.66. The molecule has 1 saturated heterocycles. The molecule has 4 bridgehead atoms. The van der Waals surface area contributed by atoms with Gasteiger partial charge in [-0.1, -0.05) is 26.0 Å². The first-order chi connectivity index (χ1) is 18.2. The van der Waals surface area contributed by atoms with Gasteiger partial charge in [0, 0.05) is 25.7 Å². The lowest BCUT2D eigenvalue weighted by Gasteiger charge is -2.35. The van der Waals surface area contributed by atoms with Crippen LogP contribution >= 0.6 is 0 Å². The smallest absolute Gasteiger partial charge is 0.471 e. The molecule has 4 atom stereocenters. The van der Waals surface area contributed by atoms with Crippen molar-refractivity contribution in [3.8, 4) is 5.75 Å². The van der Waals surface area contributed by atoms with Crippen molar-refractivity contribution in [1.82, 2.24) is 15.1 Å². The number of benzene rings is 1. The number of carbonyl (C=O) groups is 4. The Labute approximate surface area is 223 Å². The quantitative estimate of drug-likeness (QED) is 0.490. The van der Waals surface area contributed by atoms with Gasteiger partial charge in [-0.05, 0) is 42.5 Å². The van der Waals surface area contributed by atoms with Crippen LogP contribution in [0.15, 0.2) is 30.4 Å². The summed E-state index contributed by atoms with van der Waals surface area (Å²) < 4.78 is 44.9. The average Bonchev–Trinajstić information content (AvgIpc) is 3.35. The maximum atomic E-state index is 13.9. The minimum atomic E-state index is -5.20. The predicted molar refractivity (Wildman–Crippen MR) is 134 cm³/mol. The summed E-state index contributed by atoms with van der Waals surface area (Å²) in [6.07, 6.45) is -3.04. The fraction of sp³-hybridized carbons (Fsp3) is 0.538. The summed E-state index contributed by atoms with van der Waals surface area (Å²) >= 11 is 0. The number of likely N-dealkylation sites (N-methyl/N-ethyl adjacent to an activating group) is 1. The Morgan fingerprint density at radius 1 is 1.23 bits per heavy atom. The predicted octanol–water partition coefficient (Wildman–Crippen LogP) is 1.65. The third-order valence-electron chi connectivity index (χ3n) is 7.41. The molecule has 0 saturated carbocycles. The van der Waals surface area contributed by atoms with Crippen LogP contribution < -0.4 is 21.1 Å². The molecule has 13 heteroatoms. The van der Waals surface area contributed by atoms with E-state index in [1.807, 2.05) is 13.8 Å². The van der Waals surface area contributed by atoms with Gasteiger partial charge in [0.2, 0.25) is 17.7 Å². The van der Waals surface area contributed by atoms with Gasteiger partial charge >= 0.3 is 12.1 Å². The number of nitrogens with zero attached hydrogens (tertiary/aromatic N) is 2. The minimum Gasteiger partial charge on any atom is -0.490 e. The van der Waals surface area contributed by atoms with E-state index in [1.165, 1.54) is 24.1 Å². The number of amides is 4. The number of anilines is 1. The van der Waals surface area contributed by atoms with E-state index >= 15 is 0 Å². The van der Waals surface area contributed by atoms with Crippen molar-refractivity contribution in [3.63, 3.8) is 0 Å². The van der Waals surface area contributed by atoms with Crippen LogP contribution in [0.2, 0.25) is 0 Å². The molecule has 1 spiro atoms. The summed E-state index contributed by atoms with van der Waals surface area (Å²) in [5.41, 5.74) is 6.54. The lowest BCUT2D eigenvalue weighted by atomic mass is 9.80. The average molecular weight is 552 g/mol. The summed E-state index contributed by atoms with van der Waals surface area (Å²) in [6, 6.07) is 2.43. The number of rotatable bonds is 3. The summed E-state index contributed by atoms with van der Waals surface area (Å²) in [5, 5.41) is 4.61. The van der Waals surface area contributed by atoms with Crippen molar-refractivity contribution in [2.75, 3.05) is 25.5 Å². The highest BCUT2D eigenvalue weighted by atomic mass is 19.4. The number of nitrogens with one attached hydrogen (secondary N) is 2. The lowest BCUT2D eigenvalue weighted by molar-refractivity contribution is -0.175. The molecule has 3 aliphatic heterocycles. The van der Waals surface area contributed by atoms with Crippen LogP contribution in [0.4, 0.5) is 18.9 Å². The lowest BCUT2D eigenvalue weighted by Crippen LogP contribution is -2.57. The van der Waals surface area contributed by atoms with E-state index in [4.69, 9.17) is 10.5 Å². The Morgan fingerprint density at radius 3 is 2.62 bits per heavy atom. The molecule has 3 aliphatic rings. The standard InChI is InChI=1S/C26H32F3N5O5/c1-14(2)10-19-22(36)34-13-25(12-20(34)30)16-11-15(7-8-17(16)31-23(25)37)39-9-5-4-6-18(21(35)33(19)3)32-24(38)26(27,28)29/h4-5,7-8,11,14,18-20H,6,9-10,12-13,30H2,1-3H3,(H,31,37)(H,32,38)/b5-4-/t18-,19-,20-,25-/m0/s1. The van der Waals surface area contributed by atoms with Crippen LogP contribution in [0.3, 0.4) is 0 Å². The van der Waals surface area contributed by atoms with Crippen LogP contribution in [0.5, 0.6) is 5.75 Å². The fourth-order valence-corrected chi connectivity index (χ4v) is 5.39. The Morgan fingerprint density at radius 2 is 1.95 bits per heavy atom.